The topological polar surface area (TPSA) is 113 Å². The lowest BCUT2D eigenvalue weighted by Gasteiger charge is -2.18. The van der Waals surface area contributed by atoms with E-state index in [0.29, 0.717) is 0 Å². The number of esters is 1. The van der Waals surface area contributed by atoms with Crippen LogP contribution in [0.4, 0.5) is 11.4 Å². The van der Waals surface area contributed by atoms with Gasteiger partial charge in [0.25, 0.3) is 11.4 Å². The monoisotopic (exact) mass is 306 g/mol. The highest BCUT2D eigenvalue weighted by molar-refractivity contribution is 5.91. The second kappa shape index (κ2) is 5.04. The number of nitrogens with zero attached hydrogens (tertiary/aromatic N) is 2. The maximum atomic E-state index is 12.2. The van der Waals surface area contributed by atoms with E-state index in [-0.39, 0.29) is 17.1 Å². The van der Waals surface area contributed by atoms with Crippen LogP contribution in [-0.4, -0.2) is 21.9 Å². The Morgan fingerprint density at radius 2 is 1.68 bits per heavy atom. The summed E-state index contributed by atoms with van der Waals surface area (Å²) in [5.74, 6) is -0.732. The van der Waals surface area contributed by atoms with Crippen LogP contribution in [0.2, 0.25) is 0 Å². The molecule has 2 saturated carbocycles. The van der Waals surface area contributed by atoms with Crippen molar-refractivity contribution in [2.45, 2.75) is 38.2 Å². The third kappa shape index (κ3) is 2.51. The van der Waals surface area contributed by atoms with Gasteiger partial charge in [0.05, 0.1) is 21.5 Å². The standard InChI is InChI=1S/C14H14N2O6/c17-13(22-12-2-1-3-14(12)4-5-14)9-6-10(15(18)19)8-11(7-9)16(20)21/h6-8,12H,1-5H2. The fourth-order valence-corrected chi connectivity index (χ4v) is 3.14. The molecule has 2 aliphatic rings. The van der Waals surface area contributed by atoms with Gasteiger partial charge in [-0.05, 0) is 32.1 Å². The van der Waals surface area contributed by atoms with Crippen LogP contribution < -0.4 is 0 Å². The predicted molar refractivity (Wildman–Crippen MR) is 74.5 cm³/mol. The number of hydrogen-bond donors (Lipinski definition) is 0. The van der Waals surface area contributed by atoms with Crippen LogP contribution in [-0.2, 0) is 4.74 Å². The van der Waals surface area contributed by atoms with Gasteiger partial charge in [-0.25, -0.2) is 4.79 Å². The minimum atomic E-state index is -0.762. The molecule has 0 N–H and O–H groups in total. The van der Waals surface area contributed by atoms with Crippen LogP contribution >= 0.6 is 0 Å². The highest BCUT2D eigenvalue weighted by Gasteiger charge is 2.54. The molecular weight excluding hydrogens is 292 g/mol. The Bertz CT molecular complexity index is 635. The number of hydrogen-bond acceptors (Lipinski definition) is 6. The van der Waals surface area contributed by atoms with Crippen molar-refractivity contribution in [2.75, 3.05) is 0 Å². The molecule has 0 amide bonds. The largest absolute Gasteiger partial charge is 0.458 e. The maximum absolute atomic E-state index is 12.2. The highest BCUT2D eigenvalue weighted by atomic mass is 16.6. The molecule has 2 aliphatic carbocycles. The summed E-state index contributed by atoms with van der Waals surface area (Å²) in [6.07, 6.45) is 4.67. The SMILES string of the molecule is O=C(OC1CCCC12CC2)c1cc([N+](=O)[O-])cc([N+](=O)[O-])c1. The van der Waals surface area contributed by atoms with Crippen LogP contribution in [0.5, 0.6) is 0 Å². The molecule has 0 bridgehead atoms. The Hall–Kier alpha value is -2.51. The van der Waals surface area contributed by atoms with Gasteiger partial charge in [0, 0.05) is 17.5 Å². The predicted octanol–water partition coefficient (Wildman–Crippen LogP) is 2.99. The van der Waals surface area contributed by atoms with Crippen molar-refractivity contribution in [2.24, 2.45) is 5.41 Å². The summed E-state index contributed by atoms with van der Waals surface area (Å²) in [5, 5.41) is 21.7. The van der Waals surface area contributed by atoms with E-state index in [1.807, 2.05) is 0 Å². The van der Waals surface area contributed by atoms with Gasteiger partial charge in [-0.2, -0.15) is 0 Å². The maximum Gasteiger partial charge on any atom is 0.338 e. The molecule has 0 saturated heterocycles. The van der Waals surface area contributed by atoms with E-state index in [0.717, 1.165) is 50.3 Å². The van der Waals surface area contributed by atoms with Gasteiger partial charge in [-0.3, -0.25) is 20.2 Å². The number of benzene rings is 1. The van der Waals surface area contributed by atoms with Crippen molar-refractivity contribution >= 4 is 17.3 Å². The third-order valence-electron chi connectivity index (χ3n) is 4.53. The fraction of sp³-hybridized carbons (Fsp3) is 0.500. The van der Waals surface area contributed by atoms with Crippen molar-refractivity contribution in [1.82, 2.24) is 0 Å². The lowest BCUT2D eigenvalue weighted by Crippen LogP contribution is -2.23. The zero-order valence-corrected chi connectivity index (χ0v) is 11.7. The number of nitro groups is 2. The third-order valence-corrected chi connectivity index (χ3v) is 4.53. The van der Waals surface area contributed by atoms with E-state index in [2.05, 4.69) is 0 Å². The molecule has 1 aromatic carbocycles. The first kappa shape index (κ1) is 14.4. The summed E-state index contributed by atoms with van der Waals surface area (Å²) in [6, 6.07) is 2.86. The first-order valence-corrected chi connectivity index (χ1v) is 7.06. The van der Waals surface area contributed by atoms with E-state index in [1.165, 1.54) is 0 Å². The molecule has 1 spiro atoms. The van der Waals surface area contributed by atoms with Crippen LogP contribution in [0.15, 0.2) is 18.2 Å². The van der Waals surface area contributed by atoms with Gasteiger partial charge in [0.15, 0.2) is 0 Å². The Morgan fingerprint density at radius 1 is 1.09 bits per heavy atom. The van der Waals surface area contributed by atoms with Crippen LogP contribution in [0.1, 0.15) is 42.5 Å². The van der Waals surface area contributed by atoms with E-state index in [9.17, 15) is 25.0 Å². The van der Waals surface area contributed by atoms with Gasteiger partial charge < -0.3 is 4.74 Å². The zero-order chi connectivity index (χ0) is 15.9. The molecule has 1 unspecified atom stereocenters. The number of rotatable bonds is 4. The van der Waals surface area contributed by atoms with Crippen molar-refractivity contribution in [3.8, 4) is 0 Å². The summed E-state index contributed by atoms with van der Waals surface area (Å²) >= 11 is 0. The summed E-state index contributed by atoms with van der Waals surface area (Å²) in [6.45, 7) is 0. The van der Waals surface area contributed by atoms with E-state index in [1.54, 1.807) is 0 Å². The molecule has 22 heavy (non-hydrogen) atoms. The average molecular weight is 306 g/mol. The summed E-state index contributed by atoms with van der Waals surface area (Å²) < 4.78 is 5.46. The lowest BCUT2D eigenvalue weighted by molar-refractivity contribution is -0.394. The van der Waals surface area contributed by atoms with E-state index in [4.69, 9.17) is 4.74 Å². The minimum absolute atomic E-state index is 0.0856. The number of carbonyl (C=O) groups excluding carboxylic acids is 1. The molecule has 0 aliphatic heterocycles. The molecular formula is C14H14N2O6. The van der Waals surface area contributed by atoms with Crippen LogP contribution in [0.3, 0.4) is 0 Å². The van der Waals surface area contributed by atoms with Gasteiger partial charge >= 0.3 is 5.97 Å². The highest BCUT2D eigenvalue weighted by Crippen LogP contribution is 2.59. The second-order valence-electron chi connectivity index (χ2n) is 5.90. The average Bonchev–Trinajstić information content (AvgIpc) is 3.15. The summed E-state index contributed by atoms with van der Waals surface area (Å²) in [7, 11) is 0. The molecule has 1 atom stereocenters. The number of nitro benzene ring substituents is 2. The smallest absolute Gasteiger partial charge is 0.338 e. The van der Waals surface area contributed by atoms with Crippen molar-refractivity contribution < 1.29 is 19.4 Å². The molecule has 8 nitrogen and oxygen atoms in total. The Balaban J connectivity index is 1.85. The van der Waals surface area contributed by atoms with Crippen molar-refractivity contribution in [3.05, 3.63) is 44.0 Å². The quantitative estimate of drug-likeness (QED) is 0.480. The molecule has 2 fully saturated rings. The first-order valence-electron chi connectivity index (χ1n) is 7.06. The van der Waals surface area contributed by atoms with E-state index >= 15 is 0 Å². The van der Waals surface area contributed by atoms with Crippen LogP contribution in [0.25, 0.3) is 0 Å². The molecule has 1 aromatic rings. The normalized spacial score (nSPS) is 21.5. The van der Waals surface area contributed by atoms with Gasteiger partial charge in [-0.1, -0.05) is 0 Å². The summed E-state index contributed by atoms with van der Waals surface area (Å²) in [4.78, 5) is 32.4. The van der Waals surface area contributed by atoms with Gasteiger partial charge in [0.1, 0.15) is 6.10 Å². The molecule has 8 heteroatoms. The molecule has 116 valence electrons. The van der Waals surface area contributed by atoms with E-state index < -0.39 is 27.2 Å². The van der Waals surface area contributed by atoms with Gasteiger partial charge in [-0.15, -0.1) is 0 Å². The molecule has 0 aromatic heterocycles. The minimum Gasteiger partial charge on any atom is -0.458 e. The number of non-ortho nitro benzene ring substituents is 2. The fourth-order valence-electron chi connectivity index (χ4n) is 3.14. The van der Waals surface area contributed by atoms with Crippen molar-refractivity contribution in [1.29, 1.82) is 0 Å². The number of carbonyl (C=O) groups is 1. The summed E-state index contributed by atoms with van der Waals surface area (Å²) in [5.41, 5.74) is -1.05. The molecule has 3 rings (SSSR count). The molecule has 0 heterocycles. The Morgan fingerprint density at radius 3 is 2.18 bits per heavy atom. The van der Waals surface area contributed by atoms with Crippen molar-refractivity contribution in [3.63, 3.8) is 0 Å². The Kier molecular flexibility index (Phi) is 3.31. The Labute approximate surface area is 125 Å². The second-order valence-corrected chi connectivity index (χ2v) is 5.90. The molecule has 0 radical (unpaired) electrons. The first-order chi connectivity index (χ1) is 10.4. The van der Waals surface area contributed by atoms with Gasteiger partial charge in [0.2, 0.25) is 0 Å². The van der Waals surface area contributed by atoms with Crippen LogP contribution in [0, 0.1) is 25.6 Å². The lowest BCUT2D eigenvalue weighted by atomic mass is 10.0. The zero-order valence-electron chi connectivity index (χ0n) is 11.7. The number of ether oxygens (including phenoxy) is 1.